The van der Waals surface area contributed by atoms with Crippen molar-refractivity contribution < 1.29 is 14.0 Å². The zero-order valence-electron chi connectivity index (χ0n) is 18.8. The van der Waals surface area contributed by atoms with Gasteiger partial charge in [-0.2, -0.15) is 0 Å². The Morgan fingerprint density at radius 2 is 1.85 bits per heavy atom. The van der Waals surface area contributed by atoms with E-state index in [1.54, 1.807) is 25.1 Å². The highest BCUT2D eigenvalue weighted by Gasteiger charge is 2.23. The molecule has 1 heterocycles. The van der Waals surface area contributed by atoms with Crippen molar-refractivity contribution in [2.45, 2.75) is 51.1 Å². The van der Waals surface area contributed by atoms with Crippen LogP contribution in [0.1, 0.15) is 37.7 Å². The fourth-order valence-electron chi connectivity index (χ4n) is 3.32. The molecular weight excluding hydrogens is 426 g/mol. The molecule has 10 N–H and O–H groups in total. The molecule has 0 radical (unpaired) electrons. The number of nitrogens with one attached hydrogen (secondary N) is 2. The van der Waals surface area contributed by atoms with Gasteiger partial charge in [-0.05, 0) is 63.3 Å². The molecule has 2 aromatic rings. The normalized spacial score (nSPS) is 12.7. The van der Waals surface area contributed by atoms with Crippen molar-refractivity contribution in [3.8, 4) is 0 Å². The standard InChI is InChI=1S/C22H33N7O4/c1-13-11-19(30)33-18-12-14(7-8-15(13)18)28-21(32)17(6-2-3-9-23)29-20(31)16(24)5-4-10-27-22(25)26/h7-8,11-12,16-17H,2-6,9-10,23-24H2,1H3,(H,28,32)(H,29,31)(H4,25,26,27)/t16-,17-/m0/s1. The number of benzene rings is 1. The van der Waals surface area contributed by atoms with Gasteiger partial charge in [0.25, 0.3) is 0 Å². The zero-order valence-corrected chi connectivity index (χ0v) is 18.8. The van der Waals surface area contributed by atoms with E-state index in [0.717, 1.165) is 10.9 Å². The van der Waals surface area contributed by atoms with Crippen LogP contribution in [0.3, 0.4) is 0 Å². The van der Waals surface area contributed by atoms with Gasteiger partial charge in [0, 0.05) is 29.8 Å². The van der Waals surface area contributed by atoms with Gasteiger partial charge >= 0.3 is 5.63 Å². The van der Waals surface area contributed by atoms with Gasteiger partial charge in [0.15, 0.2) is 5.96 Å². The molecule has 33 heavy (non-hydrogen) atoms. The predicted octanol–water partition coefficient (Wildman–Crippen LogP) is 0.0346. The quantitative estimate of drug-likeness (QED) is 0.110. The van der Waals surface area contributed by atoms with E-state index in [1.165, 1.54) is 6.07 Å². The number of aliphatic imine (C=N–C) groups is 1. The van der Waals surface area contributed by atoms with E-state index >= 15 is 0 Å². The molecule has 0 aliphatic heterocycles. The van der Waals surface area contributed by atoms with E-state index in [1.807, 2.05) is 0 Å². The van der Waals surface area contributed by atoms with Crippen molar-refractivity contribution in [2.24, 2.45) is 27.9 Å². The summed E-state index contributed by atoms with van der Waals surface area (Å²) in [5.74, 6) is -0.858. The second-order valence-electron chi connectivity index (χ2n) is 7.85. The third kappa shape index (κ3) is 8.20. The molecule has 1 aromatic heterocycles. The number of anilines is 1. The molecule has 0 fully saturated rings. The van der Waals surface area contributed by atoms with Gasteiger partial charge in [-0.15, -0.1) is 0 Å². The third-order valence-electron chi connectivity index (χ3n) is 5.10. The summed E-state index contributed by atoms with van der Waals surface area (Å²) in [7, 11) is 0. The minimum Gasteiger partial charge on any atom is -0.423 e. The molecule has 0 spiro atoms. The number of amides is 2. The summed E-state index contributed by atoms with van der Waals surface area (Å²) in [5.41, 5.74) is 23.2. The summed E-state index contributed by atoms with van der Waals surface area (Å²) in [6.07, 6.45) is 2.66. The molecule has 0 bridgehead atoms. The van der Waals surface area contributed by atoms with Crippen molar-refractivity contribution in [1.82, 2.24) is 5.32 Å². The van der Waals surface area contributed by atoms with Crippen molar-refractivity contribution in [1.29, 1.82) is 0 Å². The average molecular weight is 460 g/mol. The van der Waals surface area contributed by atoms with E-state index in [4.69, 9.17) is 27.4 Å². The number of nitrogens with zero attached hydrogens (tertiary/aromatic N) is 1. The number of hydrogen-bond donors (Lipinski definition) is 6. The van der Waals surface area contributed by atoms with Crippen LogP contribution >= 0.6 is 0 Å². The van der Waals surface area contributed by atoms with Crippen LogP contribution in [0, 0.1) is 6.92 Å². The summed E-state index contributed by atoms with van der Waals surface area (Å²) >= 11 is 0. The number of fused-ring (bicyclic) bond motifs is 1. The molecule has 0 aliphatic rings. The van der Waals surface area contributed by atoms with Crippen LogP contribution < -0.4 is 39.2 Å². The molecule has 2 rings (SSSR count). The van der Waals surface area contributed by atoms with Gasteiger partial charge < -0.3 is 38.0 Å². The fraction of sp³-hybridized carbons (Fsp3) is 0.455. The zero-order chi connectivity index (χ0) is 24.4. The van der Waals surface area contributed by atoms with E-state index in [2.05, 4.69) is 15.6 Å². The van der Waals surface area contributed by atoms with Crippen LogP contribution in [0.15, 0.2) is 38.5 Å². The number of hydrogen-bond acceptors (Lipinski definition) is 7. The number of aryl methyl sites for hydroxylation is 1. The Kier molecular flexibility index (Phi) is 9.83. The maximum absolute atomic E-state index is 12.9. The SMILES string of the molecule is Cc1cc(=O)oc2cc(NC(=O)[C@H](CCCCN)NC(=O)[C@@H](N)CCCN=C(N)N)ccc12. The van der Waals surface area contributed by atoms with Crippen LogP contribution in [0.4, 0.5) is 5.69 Å². The Hall–Kier alpha value is -3.44. The molecule has 11 heteroatoms. The first-order valence-corrected chi connectivity index (χ1v) is 10.9. The monoisotopic (exact) mass is 459 g/mol. The first kappa shape index (κ1) is 25.8. The maximum Gasteiger partial charge on any atom is 0.336 e. The molecule has 11 nitrogen and oxygen atoms in total. The van der Waals surface area contributed by atoms with Crippen LogP contribution in [0.25, 0.3) is 11.0 Å². The van der Waals surface area contributed by atoms with Gasteiger partial charge in [0.1, 0.15) is 11.6 Å². The summed E-state index contributed by atoms with van der Waals surface area (Å²) in [4.78, 5) is 41.0. The molecule has 0 aliphatic carbocycles. The number of rotatable bonds is 12. The minimum absolute atomic E-state index is 0.0206. The Balaban J connectivity index is 2.06. The Morgan fingerprint density at radius 1 is 1.09 bits per heavy atom. The number of nitrogens with two attached hydrogens (primary N) is 4. The maximum atomic E-state index is 12.9. The Morgan fingerprint density at radius 3 is 2.55 bits per heavy atom. The van der Waals surface area contributed by atoms with Crippen LogP contribution in [-0.2, 0) is 9.59 Å². The first-order chi connectivity index (χ1) is 15.7. The molecule has 0 saturated heterocycles. The largest absolute Gasteiger partial charge is 0.423 e. The Bertz CT molecular complexity index is 1050. The number of guanidine groups is 1. The molecule has 2 amide bonds. The van der Waals surface area contributed by atoms with Gasteiger partial charge in [-0.3, -0.25) is 14.6 Å². The van der Waals surface area contributed by atoms with Gasteiger partial charge in [-0.1, -0.05) is 0 Å². The summed E-state index contributed by atoms with van der Waals surface area (Å²) in [6, 6.07) is 4.86. The number of carbonyl (C=O) groups excluding carboxylic acids is 2. The molecule has 0 unspecified atom stereocenters. The first-order valence-electron chi connectivity index (χ1n) is 10.9. The molecule has 2 atom stereocenters. The second kappa shape index (κ2) is 12.6. The topological polar surface area (TPSA) is 205 Å². The van der Waals surface area contributed by atoms with Gasteiger partial charge in [0.05, 0.1) is 6.04 Å². The fourth-order valence-corrected chi connectivity index (χ4v) is 3.32. The highest BCUT2D eigenvalue weighted by molar-refractivity contribution is 5.99. The highest BCUT2D eigenvalue weighted by Crippen LogP contribution is 2.21. The van der Waals surface area contributed by atoms with Gasteiger partial charge in [0.2, 0.25) is 11.8 Å². The molecular formula is C22H33N7O4. The second-order valence-corrected chi connectivity index (χ2v) is 7.85. The Labute approximate surface area is 192 Å². The lowest BCUT2D eigenvalue weighted by Gasteiger charge is -2.21. The van der Waals surface area contributed by atoms with Crippen molar-refractivity contribution in [3.63, 3.8) is 0 Å². The highest BCUT2D eigenvalue weighted by atomic mass is 16.4. The smallest absolute Gasteiger partial charge is 0.336 e. The predicted molar refractivity (Wildman–Crippen MR) is 129 cm³/mol. The number of carbonyl (C=O) groups is 2. The lowest BCUT2D eigenvalue weighted by molar-refractivity contribution is -0.127. The summed E-state index contributed by atoms with van der Waals surface area (Å²) < 4.78 is 5.23. The lowest BCUT2D eigenvalue weighted by atomic mass is 10.1. The van der Waals surface area contributed by atoms with Crippen LogP contribution in [0.5, 0.6) is 0 Å². The van der Waals surface area contributed by atoms with Gasteiger partial charge in [-0.25, -0.2) is 4.79 Å². The van der Waals surface area contributed by atoms with E-state index in [9.17, 15) is 14.4 Å². The van der Waals surface area contributed by atoms with E-state index in [0.29, 0.717) is 56.5 Å². The van der Waals surface area contributed by atoms with Crippen LogP contribution in [-0.4, -0.2) is 42.9 Å². The number of unbranched alkanes of at least 4 members (excludes halogenated alkanes) is 1. The molecule has 180 valence electrons. The van der Waals surface area contributed by atoms with E-state index in [-0.39, 0.29) is 5.96 Å². The van der Waals surface area contributed by atoms with E-state index < -0.39 is 29.5 Å². The summed E-state index contributed by atoms with van der Waals surface area (Å²) in [6.45, 7) is 2.65. The lowest BCUT2D eigenvalue weighted by Crippen LogP contribution is -2.50. The third-order valence-corrected chi connectivity index (χ3v) is 5.10. The summed E-state index contributed by atoms with van der Waals surface area (Å²) in [5, 5.41) is 6.27. The minimum atomic E-state index is -0.804. The van der Waals surface area contributed by atoms with Crippen molar-refractivity contribution >= 4 is 34.4 Å². The van der Waals surface area contributed by atoms with Crippen molar-refractivity contribution in [3.05, 3.63) is 40.2 Å². The molecule has 1 aromatic carbocycles. The van der Waals surface area contributed by atoms with Crippen LogP contribution in [0.2, 0.25) is 0 Å². The molecule has 0 saturated carbocycles. The van der Waals surface area contributed by atoms with Crippen molar-refractivity contribution in [2.75, 3.05) is 18.4 Å². The average Bonchev–Trinajstić information content (AvgIpc) is 2.75.